The summed E-state index contributed by atoms with van der Waals surface area (Å²) in [5, 5.41) is 5.44. The molecule has 0 bridgehead atoms. The molecule has 0 radical (unpaired) electrons. The SMILES string of the molecule is CCc1nn(CC)c(CC(=O)c2ccc(Br)cc2Cl)c1Cl. The number of carbonyl (C=O) groups is 1. The molecule has 1 heterocycles. The van der Waals surface area contributed by atoms with Gasteiger partial charge >= 0.3 is 0 Å². The molecule has 2 rings (SSSR count). The highest BCUT2D eigenvalue weighted by molar-refractivity contribution is 9.10. The third-order valence-electron chi connectivity index (χ3n) is 3.25. The molecule has 0 atom stereocenters. The zero-order valence-corrected chi connectivity index (χ0v) is 14.9. The van der Waals surface area contributed by atoms with Crippen molar-refractivity contribution in [2.24, 2.45) is 0 Å². The van der Waals surface area contributed by atoms with Gasteiger partial charge in [-0.05, 0) is 31.5 Å². The van der Waals surface area contributed by atoms with Crippen molar-refractivity contribution in [1.82, 2.24) is 9.78 Å². The summed E-state index contributed by atoms with van der Waals surface area (Å²) in [7, 11) is 0. The van der Waals surface area contributed by atoms with Gasteiger partial charge in [-0.2, -0.15) is 5.10 Å². The lowest BCUT2D eigenvalue weighted by Crippen LogP contribution is -2.10. The molecule has 0 unspecified atom stereocenters. The molecule has 112 valence electrons. The Bertz CT molecular complexity index is 683. The van der Waals surface area contributed by atoms with Gasteiger partial charge in [-0.25, -0.2) is 0 Å². The number of carbonyl (C=O) groups excluding carboxylic acids is 1. The summed E-state index contributed by atoms with van der Waals surface area (Å²) >= 11 is 15.8. The number of rotatable bonds is 5. The van der Waals surface area contributed by atoms with Crippen LogP contribution in [0.5, 0.6) is 0 Å². The van der Waals surface area contributed by atoms with Crippen LogP contribution in [-0.4, -0.2) is 15.6 Å². The molecule has 0 aliphatic rings. The van der Waals surface area contributed by atoms with Gasteiger partial charge in [0.2, 0.25) is 0 Å². The smallest absolute Gasteiger partial charge is 0.170 e. The van der Waals surface area contributed by atoms with Gasteiger partial charge in [-0.15, -0.1) is 0 Å². The standard InChI is InChI=1S/C15H15BrCl2N2O/c1-3-12-15(18)13(20(4-2)19-12)8-14(21)10-6-5-9(16)7-11(10)17/h5-7H,3-4,8H2,1-2H3. The third-order valence-corrected chi connectivity index (χ3v) is 4.50. The first kappa shape index (κ1) is 16.5. The molecule has 0 N–H and O–H groups in total. The van der Waals surface area contributed by atoms with Gasteiger partial charge in [-0.1, -0.05) is 46.1 Å². The van der Waals surface area contributed by atoms with E-state index in [-0.39, 0.29) is 12.2 Å². The molecule has 0 saturated heterocycles. The quantitative estimate of drug-likeness (QED) is 0.677. The van der Waals surface area contributed by atoms with E-state index in [1.54, 1.807) is 22.9 Å². The summed E-state index contributed by atoms with van der Waals surface area (Å²) in [6.07, 6.45) is 0.938. The number of hydrogen-bond donors (Lipinski definition) is 0. The van der Waals surface area contributed by atoms with Crippen molar-refractivity contribution in [1.29, 1.82) is 0 Å². The van der Waals surface area contributed by atoms with Crippen LogP contribution in [0.15, 0.2) is 22.7 Å². The van der Waals surface area contributed by atoms with Crippen LogP contribution in [0.2, 0.25) is 10.0 Å². The minimum Gasteiger partial charge on any atom is -0.294 e. The largest absolute Gasteiger partial charge is 0.294 e. The Hall–Kier alpha value is -0.840. The van der Waals surface area contributed by atoms with E-state index < -0.39 is 0 Å². The second kappa shape index (κ2) is 6.95. The molecule has 1 aromatic carbocycles. The maximum atomic E-state index is 12.5. The summed E-state index contributed by atoms with van der Waals surface area (Å²) in [6.45, 7) is 4.64. The lowest BCUT2D eigenvalue weighted by atomic mass is 10.1. The molecule has 0 aliphatic heterocycles. The average Bonchev–Trinajstić information content (AvgIpc) is 2.75. The van der Waals surface area contributed by atoms with Gasteiger partial charge in [0.1, 0.15) is 0 Å². The Morgan fingerprint density at radius 2 is 2.05 bits per heavy atom. The predicted octanol–water partition coefficient (Wildman–Crippen LogP) is 4.96. The van der Waals surface area contributed by atoms with E-state index in [0.29, 0.717) is 22.2 Å². The molecule has 0 fully saturated rings. The van der Waals surface area contributed by atoms with E-state index in [9.17, 15) is 4.79 Å². The number of halogens is 3. The lowest BCUT2D eigenvalue weighted by molar-refractivity contribution is 0.0990. The highest BCUT2D eigenvalue weighted by Crippen LogP contribution is 2.26. The zero-order valence-electron chi connectivity index (χ0n) is 11.8. The Labute approximate surface area is 142 Å². The molecule has 21 heavy (non-hydrogen) atoms. The minimum absolute atomic E-state index is 0.0633. The fraction of sp³-hybridized carbons (Fsp3) is 0.333. The van der Waals surface area contributed by atoms with E-state index in [4.69, 9.17) is 23.2 Å². The van der Waals surface area contributed by atoms with Crippen LogP contribution in [0.3, 0.4) is 0 Å². The van der Waals surface area contributed by atoms with Crippen molar-refractivity contribution < 1.29 is 4.79 Å². The van der Waals surface area contributed by atoms with Gasteiger partial charge in [-0.3, -0.25) is 9.48 Å². The van der Waals surface area contributed by atoms with E-state index in [0.717, 1.165) is 22.3 Å². The predicted molar refractivity (Wildman–Crippen MR) is 89.5 cm³/mol. The van der Waals surface area contributed by atoms with Crippen molar-refractivity contribution >= 4 is 44.9 Å². The second-order valence-electron chi connectivity index (χ2n) is 4.60. The number of aryl methyl sites for hydroxylation is 2. The van der Waals surface area contributed by atoms with Crippen molar-refractivity contribution in [3.8, 4) is 0 Å². The van der Waals surface area contributed by atoms with Crippen LogP contribution in [0.25, 0.3) is 0 Å². The van der Waals surface area contributed by atoms with Crippen molar-refractivity contribution in [2.75, 3.05) is 0 Å². The summed E-state index contributed by atoms with van der Waals surface area (Å²) < 4.78 is 2.63. The van der Waals surface area contributed by atoms with Crippen molar-refractivity contribution in [3.05, 3.63) is 49.7 Å². The van der Waals surface area contributed by atoms with Crippen molar-refractivity contribution in [2.45, 2.75) is 33.2 Å². The van der Waals surface area contributed by atoms with Gasteiger partial charge in [0.05, 0.1) is 27.9 Å². The molecule has 2 aromatic rings. The van der Waals surface area contributed by atoms with Crippen LogP contribution in [-0.2, 0) is 19.4 Å². The normalized spacial score (nSPS) is 10.9. The maximum Gasteiger partial charge on any atom is 0.170 e. The topological polar surface area (TPSA) is 34.9 Å². The summed E-state index contributed by atoms with van der Waals surface area (Å²) in [4.78, 5) is 12.5. The molecule has 0 aliphatic carbocycles. The van der Waals surface area contributed by atoms with Gasteiger partial charge in [0.15, 0.2) is 5.78 Å². The Morgan fingerprint density at radius 1 is 1.33 bits per heavy atom. The van der Waals surface area contributed by atoms with Crippen LogP contribution in [0, 0.1) is 0 Å². The molecular weight excluding hydrogens is 375 g/mol. The number of ketones is 1. The molecule has 1 aromatic heterocycles. The van der Waals surface area contributed by atoms with E-state index in [1.165, 1.54) is 0 Å². The first-order valence-electron chi connectivity index (χ1n) is 6.70. The zero-order chi connectivity index (χ0) is 15.6. The molecular formula is C15H15BrCl2N2O. The van der Waals surface area contributed by atoms with Crippen LogP contribution in [0.1, 0.15) is 35.6 Å². The fourth-order valence-electron chi connectivity index (χ4n) is 2.15. The van der Waals surface area contributed by atoms with E-state index >= 15 is 0 Å². The van der Waals surface area contributed by atoms with Crippen LogP contribution in [0.4, 0.5) is 0 Å². The van der Waals surface area contributed by atoms with E-state index in [1.807, 2.05) is 13.8 Å². The highest BCUT2D eigenvalue weighted by atomic mass is 79.9. The van der Waals surface area contributed by atoms with Crippen LogP contribution < -0.4 is 0 Å². The molecule has 0 spiro atoms. The van der Waals surface area contributed by atoms with Gasteiger partial charge < -0.3 is 0 Å². The Morgan fingerprint density at radius 3 is 2.62 bits per heavy atom. The van der Waals surface area contributed by atoms with Gasteiger partial charge in [0, 0.05) is 16.6 Å². The lowest BCUT2D eigenvalue weighted by Gasteiger charge is -2.07. The first-order chi connectivity index (χ1) is 9.97. The van der Waals surface area contributed by atoms with Gasteiger partial charge in [0.25, 0.3) is 0 Å². The Kier molecular flexibility index (Phi) is 5.47. The molecule has 0 amide bonds. The van der Waals surface area contributed by atoms with Crippen molar-refractivity contribution in [3.63, 3.8) is 0 Å². The summed E-state index contributed by atoms with van der Waals surface area (Å²) in [6, 6.07) is 5.23. The first-order valence-corrected chi connectivity index (χ1v) is 8.25. The van der Waals surface area contributed by atoms with Crippen LogP contribution >= 0.6 is 39.1 Å². The summed E-state index contributed by atoms with van der Waals surface area (Å²) in [5.74, 6) is -0.0633. The Balaban J connectivity index is 2.33. The fourth-order valence-corrected chi connectivity index (χ4v) is 3.26. The molecule has 6 heteroatoms. The monoisotopic (exact) mass is 388 g/mol. The number of aromatic nitrogens is 2. The molecule has 3 nitrogen and oxygen atoms in total. The maximum absolute atomic E-state index is 12.5. The third kappa shape index (κ3) is 3.50. The summed E-state index contributed by atoms with van der Waals surface area (Å²) in [5.41, 5.74) is 2.07. The average molecular weight is 390 g/mol. The number of hydrogen-bond acceptors (Lipinski definition) is 2. The molecule has 0 saturated carbocycles. The van der Waals surface area contributed by atoms with E-state index in [2.05, 4.69) is 21.0 Å². The second-order valence-corrected chi connectivity index (χ2v) is 6.30. The number of Topliss-reactive ketones (excluding diaryl/α,β-unsaturated/α-hetero) is 1. The number of benzene rings is 1. The number of nitrogens with zero attached hydrogens (tertiary/aromatic N) is 2. The highest BCUT2D eigenvalue weighted by Gasteiger charge is 2.19. The minimum atomic E-state index is -0.0633.